The SMILES string of the molecule is CCC(C)Oc1ccc(NC(=O)c2ccc(OCCc3ccccc3)cc2)cc1. The molecule has 0 aliphatic rings. The van der Waals surface area contributed by atoms with Crippen LogP contribution in [-0.4, -0.2) is 18.6 Å². The third-order valence-corrected chi connectivity index (χ3v) is 4.64. The van der Waals surface area contributed by atoms with Crippen LogP contribution < -0.4 is 14.8 Å². The molecule has 0 aliphatic heterocycles. The first-order chi connectivity index (χ1) is 14.1. The minimum Gasteiger partial charge on any atom is -0.493 e. The summed E-state index contributed by atoms with van der Waals surface area (Å²) in [6.07, 6.45) is 1.97. The summed E-state index contributed by atoms with van der Waals surface area (Å²) in [7, 11) is 0. The quantitative estimate of drug-likeness (QED) is 0.508. The minimum absolute atomic E-state index is 0.156. The van der Waals surface area contributed by atoms with E-state index in [9.17, 15) is 4.79 Å². The van der Waals surface area contributed by atoms with E-state index in [4.69, 9.17) is 9.47 Å². The van der Waals surface area contributed by atoms with Crippen LogP contribution in [-0.2, 0) is 6.42 Å². The Morgan fingerprint density at radius 2 is 1.55 bits per heavy atom. The van der Waals surface area contributed by atoms with Crippen molar-refractivity contribution in [3.8, 4) is 11.5 Å². The minimum atomic E-state index is -0.156. The number of ether oxygens (including phenoxy) is 2. The molecule has 1 N–H and O–H groups in total. The summed E-state index contributed by atoms with van der Waals surface area (Å²) in [6, 6.07) is 24.8. The number of anilines is 1. The van der Waals surface area contributed by atoms with E-state index in [1.165, 1.54) is 5.56 Å². The normalized spacial score (nSPS) is 11.5. The molecule has 0 saturated carbocycles. The Hall–Kier alpha value is -3.27. The van der Waals surface area contributed by atoms with Crippen molar-refractivity contribution in [1.82, 2.24) is 0 Å². The van der Waals surface area contributed by atoms with Crippen molar-refractivity contribution in [3.63, 3.8) is 0 Å². The molecule has 0 saturated heterocycles. The van der Waals surface area contributed by atoms with E-state index in [0.29, 0.717) is 12.2 Å². The van der Waals surface area contributed by atoms with Crippen LogP contribution in [0.15, 0.2) is 78.9 Å². The molecule has 150 valence electrons. The lowest BCUT2D eigenvalue weighted by atomic mass is 10.1. The monoisotopic (exact) mass is 389 g/mol. The zero-order valence-corrected chi connectivity index (χ0v) is 16.9. The highest BCUT2D eigenvalue weighted by molar-refractivity contribution is 6.04. The first-order valence-electron chi connectivity index (χ1n) is 9.99. The number of rotatable bonds is 9. The van der Waals surface area contributed by atoms with Crippen LogP contribution in [0.2, 0.25) is 0 Å². The van der Waals surface area contributed by atoms with Gasteiger partial charge in [0.1, 0.15) is 11.5 Å². The molecule has 0 radical (unpaired) electrons. The van der Waals surface area contributed by atoms with Gasteiger partial charge in [0, 0.05) is 17.7 Å². The number of carbonyl (C=O) groups is 1. The van der Waals surface area contributed by atoms with Crippen molar-refractivity contribution in [2.45, 2.75) is 32.8 Å². The Labute approximate surface area is 172 Å². The fourth-order valence-electron chi connectivity index (χ4n) is 2.77. The molecule has 0 bridgehead atoms. The summed E-state index contributed by atoms with van der Waals surface area (Å²) in [4.78, 5) is 12.5. The highest BCUT2D eigenvalue weighted by Gasteiger charge is 2.07. The van der Waals surface area contributed by atoms with Crippen LogP contribution in [0, 0.1) is 0 Å². The highest BCUT2D eigenvalue weighted by Crippen LogP contribution is 2.19. The molecule has 0 aliphatic carbocycles. The number of hydrogen-bond acceptors (Lipinski definition) is 3. The van der Waals surface area contributed by atoms with Crippen LogP contribution >= 0.6 is 0 Å². The molecular weight excluding hydrogens is 362 g/mol. The van der Waals surface area contributed by atoms with Gasteiger partial charge in [0.05, 0.1) is 12.7 Å². The summed E-state index contributed by atoms with van der Waals surface area (Å²) < 4.78 is 11.5. The zero-order valence-electron chi connectivity index (χ0n) is 16.9. The van der Waals surface area contributed by atoms with Gasteiger partial charge in [-0.15, -0.1) is 0 Å². The van der Waals surface area contributed by atoms with Gasteiger partial charge < -0.3 is 14.8 Å². The van der Waals surface area contributed by atoms with Crippen LogP contribution in [0.5, 0.6) is 11.5 Å². The average Bonchev–Trinajstić information content (AvgIpc) is 2.76. The van der Waals surface area contributed by atoms with Gasteiger partial charge in [0.15, 0.2) is 0 Å². The standard InChI is InChI=1S/C25H27NO3/c1-3-19(2)29-24-15-11-22(12-16-24)26-25(27)21-9-13-23(14-10-21)28-18-17-20-7-5-4-6-8-20/h4-16,19H,3,17-18H2,1-2H3,(H,26,27). The molecule has 0 spiro atoms. The molecule has 0 fully saturated rings. The fourth-order valence-corrected chi connectivity index (χ4v) is 2.77. The first-order valence-corrected chi connectivity index (χ1v) is 9.99. The molecule has 1 unspecified atom stereocenters. The van der Waals surface area contributed by atoms with E-state index in [2.05, 4.69) is 24.4 Å². The zero-order chi connectivity index (χ0) is 20.5. The molecule has 3 aromatic carbocycles. The molecule has 1 amide bonds. The molecule has 4 nitrogen and oxygen atoms in total. The largest absolute Gasteiger partial charge is 0.493 e. The summed E-state index contributed by atoms with van der Waals surface area (Å²) in [5.41, 5.74) is 2.55. The van der Waals surface area contributed by atoms with E-state index in [0.717, 1.165) is 30.0 Å². The number of amides is 1. The van der Waals surface area contributed by atoms with Crippen LogP contribution in [0.1, 0.15) is 36.2 Å². The Morgan fingerprint density at radius 1 is 0.897 bits per heavy atom. The van der Waals surface area contributed by atoms with Gasteiger partial charge in [0.2, 0.25) is 0 Å². The number of nitrogens with one attached hydrogen (secondary N) is 1. The van der Waals surface area contributed by atoms with Gasteiger partial charge in [-0.25, -0.2) is 0 Å². The fraction of sp³-hybridized carbons (Fsp3) is 0.240. The number of carbonyl (C=O) groups excluding carboxylic acids is 1. The first kappa shape index (κ1) is 20.5. The maximum Gasteiger partial charge on any atom is 0.255 e. The molecule has 0 heterocycles. The van der Waals surface area contributed by atoms with Gasteiger partial charge in [0.25, 0.3) is 5.91 Å². The van der Waals surface area contributed by atoms with Gasteiger partial charge >= 0.3 is 0 Å². The van der Waals surface area contributed by atoms with E-state index in [1.54, 1.807) is 12.1 Å². The number of hydrogen-bond donors (Lipinski definition) is 1. The summed E-state index contributed by atoms with van der Waals surface area (Å²) >= 11 is 0. The predicted molar refractivity (Wildman–Crippen MR) is 117 cm³/mol. The van der Waals surface area contributed by atoms with Crippen molar-refractivity contribution in [2.75, 3.05) is 11.9 Å². The van der Waals surface area contributed by atoms with Crippen molar-refractivity contribution < 1.29 is 14.3 Å². The summed E-state index contributed by atoms with van der Waals surface area (Å²) in [5.74, 6) is 1.40. The average molecular weight is 389 g/mol. The second-order valence-corrected chi connectivity index (χ2v) is 6.92. The molecule has 0 aromatic heterocycles. The Bertz CT molecular complexity index is 890. The molecule has 3 rings (SSSR count). The van der Waals surface area contributed by atoms with Crippen molar-refractivity contribution in [3.05, 3.63) is 90.0 Å². The Balaban J connectivity index is 1.49. The maximum atomic E-state index is 12.5. The molecule has 1 atom stereocenters. The lowest BCUT2D eigenvalue weighted by Gasteiger charge is -2.13. The Morgan fingerprint density at radius 3 is 2.21 bits per heavy atom. The molecule has 4 heteroatoms. The van der Waals surface area contributed by atoms with E-state index in [1.807, 2.05) is 61.5 Å². The summed E-state index contributed by atoms with van der Waals surface area (Å²) in [5, 5.41) is 2.90. The predicted octanol–water partition coefficient (Wildman–Crippen LogP) is 5.74. The van der Waals surface area contributed by atoms with Crippen molar-refractivity contribution >= 4 is 11.6 Å². The lowest BCUT2D eigenvalue weighted by Crippen LogP contribution is -2.12. The van der Waals surface area contributed by atoms with Gasteiger partial charge in [-0.3, -0.25) is 4.79 Å². The lowest BCUT2D eigenvalue weighted by molar-refractivity contribution is 0.102. The third kappa shape index (κ3) is 6.39. The number of benzene rings is 3. The van der Waals surface area contributed by atoms with E-state index in [-0.39, 0.29) is 12.0 Å². The maximum absolute atomic E-state index is 12.5. The van der Waals surface area contributed by atoms with Gasteiger partial charge in [-0.2, -0.15) is 0 Å². The van der Waals surface area contributed by atoms with E-state index >= 15 is 0 Å². The van der Waals surface area contributed by atoms with E-state index < -0.39 is 0 Å². The molecular formula is C25H27NO3. The second kappa shape index (κ2) is 10.3. The second-order valence-electron chi connectivity index (χ2n) is 6.92. The van der Waals surface area contributed by atoms with Crippen LogP contribution in [0.4, 0.5) is 5.69 Å². The smallest absolute Gasteiger partial charge is 0.255 e. The Kier molecular flexibility index (Phi) is 7.28. The highest BCUT2D eigenvalue weighted by atomic mass is 16.5. The summed E-state index contributed by atoms with van der Waals surface area (Å²) in [6.45, 7) is 4.71. The third-order valence-electron chi connectivity index (χ3n) is 4.64. The molecule has 3 aromatic rings. The van der Waals surface area contributed by atoms with Crippen LogP contribution in [0.25, 0.3) is 0 Å². The molecule has 29 heavy (non-hydrogen) atoms. The topological polar surface area (TPSA) is 47.6 Å². The van der Waals surface area contributed by atoms with Gasteiger partial charge in [-0.05, 0) is 67.4 Å². The van der Waals surface area contributed by atoms with Crippen LogP contribution in [0.3, 0.4) is 0 Å². The van der Waals surface area contributed by atoms with Gasteiger partial charge in [-0.1, -0.05) is 37.3 Å². The van der Waals surface area contributed by atoms with Crippen molar-refractivity contribution in [1.29, 1.82) is 0 Å². The van der Waals surface area contributed by atoms with Crippen molar-refractivity contribution in [2.24, 2.45) is 0 Å².